The summed E-state index contributed by atoms with van der Waals surface area (Å²) in [5.41, 5.74) is 0. The van der Waals surface area contributed by atoms with Crippen LogP contribution < -0.4 is 0 Å². The molecule has 1 fully saturated rings. The number of hydrogen-bond acceptors (Lipinski definition) is 2. The van der Waals surface area contributed by atoms with Crippen LogP contribution in [0.15, 0.2) is 0 Å². The lowest BCUT2D eigenvalue weighted by Gasteiger charge is -2.24. The molecule has 0 N–H and O–H groups in total. The lowest BCUT2D eigenvalue weighted by Crippen LogP contribution is -2.53. The molecule has 9 heteroatoms. The van der Waals surface area contributed by atoms with E-state index in [4.69, 9.17) is 0 Å². The van der Waals surface area contributed by atoms with Gasteiger partial charge in [0.2, 0.25) is 0 Å². The van der Waals surface area contributed by atoms with E-state index in [1.807, 2.05) is 0 Å². The van der Waals surface area contributed by atoms with Crippen molar-refractivity contribution in [1.82, 2.24) is 0 Å². The molecule has 0 amide bonds. The molecule has 0 aromatic heterocycles. The molecule has 2 atom stereocenters. The van der Waals surface area contributed by atoms with Crippen molar-refractivity contribution in [3.63, 3.8) is 0 Å². The Morgan fingerprint density at radius 1 is 0.929 bits per heavy atom. The highest BCUT2D eigenvalue weighted by Gasteiger charge is 2.82. The SMILES string of the molecule is CC1(F)OC(F)(F)C(F)(C(F)(F)F)O1. The highest BCUT2D eigenvalue weighted by atomic mass is 19.4. The molecule has 2 nitrogen and oxygen atoms in total. The van der Waals surface area contributed by atoms with Gasteiger partial charge in [0.05, 0.1) is 0 Å². The second kappa shape index (κ2) is 2.51. The van der Waals surface area contributed by atoms with Crippen LogP contribution in [0.3, 0.4) is 0 Å². The van der Waals surface area contributed by atoms with E-state index in [-0.39, 0.29) is 6.92 Å². The Bertz CT molecular complexity index is 247. The minimum Gasteiger partial charge on any atom is -0.271 e. The summed E-state index contributed by atoms with van der Waals surface area (Å²) in [5, 5.41) is 0. The molecule has 0 bridgehead atoms. The largest absolute Gasteiger partial charge is 0.458 e. The van der Waals surface area contributed by atoms with Gasteiger partial charge in [-0.05, 0) is 0 Å². The smallest absolute Gasteiger partial charge is 0.271 e. The lowest BCUT2D eigenvalue weighted by molar-refractivity contribution is -0.395. The average Bonchev–Trinajstić information content (AvgIpc) is 1.94. The van der Waals surface area contributed by atoms with Crippen LogP contribution in [0.1, 0.15) is 6.92 Å². The zero-order valence-electron chi connectivity index (χ0n) is 6.46. The van der Waals surface area contributed by atoms with Gasteiger partial charge in [0.1, 0.15) is 0 Å². The number of rotatable bonds is 0. The summed E-state index contributed by atoms with van der Waals surface area (Å²) in [5.74, 6) is -5.47. The summed E-state index contributed by atoms with van der Waals surface area (Å²) in [4.78, 5) is 0. The Labute approximate surface area is 72.6 Å². The van der Waals surface area contributed by atoms with Crippen LogP contribution in [0.25, 0.3) is 0 Å². The minimum atomic E-state index is -6.10. The third-order valence-electron chi connectivity index (χ3n) is 1.37. The molecule has 0 aromatic carbocycles. The first kappa shape index (κ1) is 11.5. The van der Waals surface area contributed by atoms with Crippen molar-refractivity contribution in [1.29, 1.82) is 0 Å². The van der Waals surface area contributed by atoms with E-state index in [0.717, 1.165) is 0 Å². The van der Waals surface area contributed by atoms with E-state index in [2.05, 4.69) is 9.47 Å². The predicted molar refractivity (Wildman–Crippen MR) is 26.5 cm³/mol. The van der Waals surface area contributed by atoms with Gasteiger partial charge in [0, 0.05) is 6.92 Å². The van der Waals surface area contributed by atoms with Crippen LogP contribution in [-0.4, -0.2) is 24.2 Å². The molecule has 0 aliphatic carbocycles. The van der Waals surface area contributed by atoms with Gasteiger partial charge >= 0.3 is 24.2 Å². The van der Waals surface area contributed by atoms with E-state index < -0.39 is 24.2 Å². The van der Waals surface area contributed by atoms with Crippen molar-refractivity contribution in [3.05, 3.63) is 0 Å². The Hall–Kier alpha value is -0.570. The van der Waals surface area contributed by atoms with Crippen LogP contribution in [0.4, 0.5) is 30.7 Å². The van der Waals surface area contributed by atoms with Gasteiger partial charge in [-0.1, -0.05) is 0 Å². The molecule has 1 aliphatic rings. The fourth-order valence-corrected chi connectivity index (χ4v) is 0.849. The number of alkyl halides is 7. The van der Waals surface area contributed by atoms with Crippen molar-refractivity contribution >= 4 is 0 Å². The summed E-state index contributed by atoms with van der Waals surface area (Å²) >= 11 is 0. The molecular formula is C5H3F7O2. The van der Waals surface area contributed by atoms with Gasteiger partial charge in [-0.3, -0.25) is 9.47 Å². The van der Waals surface area contributed by atoms with Gasteiger partial charge in [-0.15, -0.1) is 0 Å². The van der Waals surface area contributed by atoms with Crippen LogP contribution in [0.2, 0.25) is 0 Å². The fourth-order valence-electron chi connectivity index (χ4n) is 0.849. The second-order valence-electron chi connectivity index (χ2n) is 2.65. The Morgan fingerprint density at radius 2 is 1.36 bits per heavy atom. The summed E-state index contributed by atoms with van der Waals surface area (Å²) in [6.07, 6.45) is -11.5. The highest BCUT2D eigenvalue weighted by molar-refractivity contribution is 4.92. The Balaban J connectivity index is 3.12. The molecule has 1 saturated heterocycles. The number of halogens is 7. The number of hydrogen-bond donors (Lipinski definition) is 0. The molecule has 1 heterocycles. The van der Waals surface area contributed by atoms with E-state index in [1.54, 1.807) is 0 Å². The highest BCUT2D eigenvalue weighted by Crippen LogP contribution is 2.55. The summed E-state index contributed by atoms with van der Waals surface area (Å²) in [7, 11) is 0. The summed E-state index contributed by atoms with van der Waals surface area (Å²) < 4.78 is 90.7. The average molecular weight is 228 g/mol. The first-order valence-corrected chi connectivity index (χ1v) is 3.14. The third kappa shape index (κ3) is 1.44. The maximum atomic E-state index is 12.6. The van der Waals surface area contributed by atoms with Crippen LogP contribution >= 0.6 is 0 Å². The molecule has 0 spiro atoms. The van der Waals surface area contributed by atoms with Crippen molar-refractivity contribution < 1.29 is 40.2 Å². The van der Waals surface area contributed by atoms with Crippen LogP contribution in [-0.2, 0) is 9.47 Å². The quantitative estimate of drug-likeness (QED) is 0.593. The van der Waals surface area contributed by atoms with Gasteiger partial charge in [-0.2, -0.15) is 30.7 Å². The molecule has 0 radical (unpaired) electrons. The predicted octanol–water partition coefficient (Wildman–Crippen LogP) is 2.50. The van der Waals surface area contributed by atoms with Crippen molar-refractivity contribution in [3.8, 4) is 0 Å². The van der Waals surface area contributed by atoms with E-state index in [9.17, 15) is 30.7 Å². The van der Waals surface area contributed by atoms with Crippen molar-refractivity contribution in [2.24, 2.45) is 0 Å². The first-order chi connectivity index (χ1) is 5.91. The molecule has 84 valence electrons. The van der Waals surface area contributed by atoms with Crippen molar-refractivity contribution in [2.45, 2.75) is 31.1 Å². The first-order valence-electron chi connectivity index (χ1n) is 3.14. The van der Waals surface area contributed by atoms with Crippen LogP contribution in [0, 0.1) is 0 Å². The maximum absolute atomic E-state index is 12.6. The Morgan fingerprint density at radius 3 is 1.50 bits per heavy atom. The standard InChI is InChI=1S/C5H3F7O2/c1-2(6)13-3(7,4(8,9)10)5(11,12)14-2/h1H3. The Kier molecular flexibility index (Phi) is 2.06. The minimum absolute atomic E-state index is 0.0912. The van der Waals surface area contributed by atoms with Gasteiger partial charge in [0.25, 0.3) is 0 Å². The normalized spacial score (nSPS) is 42.9. The maximum Gasteiger partial charge on any atom is 0.458 e. The fraction of sp³-hybridized carbons (Fsp3) is 1.00. The molecule has 14 heavy (non-hydrogen) atoms. The molecular weight excluding hydrogens is 225 g/mol. The van der Waals surface area contributed by atoms with Crippen molar-refractivity contribution in [2.75, 3.05) is 0 Å². The van der Waals surface area contributed by atoms with E-state index in [0.29, 0.717) is 0 Å². The molecule has 0 saturated carbocycles. The molecule has 1 aliphatic heterocycles. The third-order valence-corrected chi connectivity index (χ3v) is 1.37. The molecule has 2 unspecified atom stereocenters. The van der Waals surface area contributed by atoms with Gasteiger partial charge < -0.3 is 0 Å². The number of ether oxygens (including phenoxy) is 2. The topological polar surface area (TPSA) is 18.5 Å². The molecule has 1 rings (SSSR count). The summed E-state index contributed by atoms with van der Waals surface area (Å²) in [6, 6.07) is -3.83. The zero-order chi connectivity index (χ0) is 11.4. The summed E-state index contributed by atoms with van der Waals surface area (Å²) in [6.45, 7) is 0.0912. The van der Waals surface area contributed by atoms with Gasteiger partial charge in [0.15, 0.2) is 0 Å². The second-order valence-corrected chi connectivity index (χ2v) is 2.65. The molecule has 0 aromatic rings. The van der Waals surface area contributed by atoms with Gasteiger partial charge in [-0.25, -0.2) is 0 Å². The van der Waals surface area contributed by atoms with E-state index >= 15 is 0 Å². The lowest BCUT2D eigenvalue weighted by atomic mass is 10.3. The van der Waals surface area contributed by atoms with E-state index in [1.165, 1.54) is 0 Å². The van der Waals surface area contributed by atoms with Crippen LogP contribution in [0.5, 0.6) is 0 Å². The monoisotopic (exact) mass is 228 g/mol. The zero-order valence-corrected chi connectivity index (χ0v) is 6.46.